The molecule has 2 heterocycles. The van der Waals surface area contributed by atoms with E-state index in [0.29, 0.717) is 0 Å². The molecule has 1 aliphatic rings. The summed E-state index contributed by atoms with van der Waals surface area (Å²) in [7, 11) is 0. The first-order valence-electron chi connectivity index (χ1n) is 9.24. The fourth-order valence-electron chi connectivity index (χ4n) is 3.60. The first kappa shape index (κ1) is 17.3. The summed E-state index contributed by atoms with van der Waals surface area (Å²) < 4.78 is 7.73. The summed E-state index contributed by atoms with van der Waals surface area (Å²) in [6.07, 6.45) is 5.61. The van der Waals surface area contributed by atoms with Crippen molar-refractivity contribution in [2.24, 2.45) is 0 Å². The van der Waals surface area contributed by atoms with E-state index in [1.54, 1.807) is 0 Å². The number of fused-ring (bicyclic) bond motifs is 3. The van der Waals surface area contributed by atoms with E-state index in [4.69, 9.17) is 4.74 Å². The molecular weight excluding hydrogens is 346 g/mol. The Hall–Kier alpha value is -2.08. The summed E-state index contributed by atoms with van der Waals surface area (Å²) in [4.78, 5) is 12.5. The Bertz CT molecular complexity index is 947. The normalized spacial score (nSPS) is 16.8. The molecule has 4 rings (SSSR count). The van der Waals surface area contributed by atoms with Crippen LogP contribution in [-0.4, -0.2) is 31.9 Å². The number of aryl methyl sites for hydroxylation is 1. The maximum atomic E-state index is 12.5. The number of carbonyl (C=O) groups excluding carboxylic acids is 1. The Labute approximate surface area is 157 Å². The quantitative estimate of drug-likeness (QED) is 0.499. The Morgan fingerprint density at radius 1 is 1.23 bits per heavy atom. The molecule has 3 aromatic rings. The number of thioether (sulfide) groups is 1. The van der Waals surface area contributed by atoms with Gasteiger partial charge in [-0.05, 0) is 57.2 Å². The van der Waals surface area contributed by atoms with Crippen molar-refractivity contribution in [1.29, 1.82) is 0 Å². The van der Waals surface area contributed by atoms with Gasteiger partial charge in [-0.2, -0.15) is 0 Å². The second-order valence-corrected chi connectivity index (χ2v) is 8.29. The van der Waals surface area contributed by atoms with E-state index >= 15 is 0 Å². The molecule has 0 aliphatic heterocycles. The number of aromatic nitrogens is 3. The van der Waals surface area contributed by atoms with E-state index in [1.165, 1.54) is 29.1 Å². The minimum absolute atomic E-state index is 0.0814. The van der Waals surface area contributed by atoms with Gasteiger partial charge in [-0.15, -0.1) is 10.2 Å². The molecule has 0 radical (unpaired) electrons. The summed E-state index contributed by atoms with van der Waals surface area (Å²) in [5.74, 6) is -0.157. The minimum atomic E-state index is -0.315. The first-order chi connectivity index (χ1) is 12.6. The van der Waals surface area contributed by atoms with Gasteiger partial charge in [-0.3, -0.25) is 9.20 Å². The van der Waals surface area contributed by atoms with Crippen molar-refractivity contribution in [3.8, 4) is 0 Å². The Morgan fingerprint density at radius 2 is 2.00 bits per heavy atom. The number of esters is 1. The smallest absolute Gasteiger partial charge is 0.319 e. The molecule has 1 fully saturated rings. The number of para-hydroxylation sites is 1. The SMILES string of the molecule is Cc1cc2nnc(SC(C)C(=O)OC3CCCCC3)n2c2ccccc12. The molecule has 1 atom stereocenters. The van der Waals surface area contributed by atoms with Crippen LogP contribution in [0.1, 0.15) is 44.6 Å². The molecule has 5 nitrogen and oxygen atoms in total. The van der Waals surface area contributed by atoms with E-state index < -0.39 is 0 Å². The topological polar surface area (TPSA) is 56.5 Å². The lowest BCUT2D eigenvalue weighted by atomic mass is 9.98. The standard InChI is InChI=1S/C20H23N3O2S/c1-13-12-18-21-22-20(23(18)17-11-7-6-10-16(13)17)26-14(2)19(24)25-15-8-4-3-5-9-15/h6-7,10-12,14-15H,3-5,8-9H2,1-2H3. The largest absolute Gasteiger partial charge is 0.462 e. The predicted octanol–water partition coefficient (Wildman–Crippen LogP) is 4.55. The molecule has 6 heteroatoms. The Kier molecular flexibility index (Phi) is 4.85. The molecule has 1 unspecified atom stereocenters. The average molecular weight is 369 g/mol. The van der Waals surface area contributed by atoms with Gasteiger partial charge in [-0.25, -0.2) is 0 Å². The van der Waals surface area contributed by atoms with Crippen LogP contribution in [0.25, 0.3) is 16.6 Å². The van der Waals surface area contributed by atoms with Crippen LogP contribution in [-0.2, 0) is 9.53 Å². The van der Waals surface area contributed by atoms with Crippen LogP contribution in [0.2, 0.25) is 0 Å². The van der Waals surface area contributed by atoms with E-state index in [1.807, 2.05) is 29.5 Å². The van der Waals surface area contributed by atoms with Crippen LogP contribution in [0, 0.1) is 6.92 Å². The highest BCUT2D eigenvalue weighted by Crippen LogP contribution is 2.29. The highest BCUT2D eigenvalue weighted by atomic mass is 32.2. The van der Waals surface area contributed by atoms with E-state index in [0.717, 1.165) is 42.0 Å². The van der Waals surface area contributed by atoms with E-state index in [9.17, 15) is 4.79 Å². The number of hydrogen-bond acceptors (Lipinski definition) is 5. The second-order valence-electron chi connectivity index (χ2n) is 6.98. The third-order valence-electron chi connectivity index (χ3n) is 5.02. The molecule has 0 N–H and O–H groups in total. The molecule has 1 saturated carbocycles. The van der Waals surface area contributed by atoms with Crippen molar-refractivity contribution in [3.63, 3.8) is 0 Å². The molecule has 0 bridgehead atoms. The van der Waals surface area contributed by atoms with Gasteiger partial charge in [0.25, 0.3) is 0 Å². The van der Waals surface area contributed by atoms with Gasteiger partial charge < -0.3 is 4.74 Å². The number of ether oxygens (including phenoxy) is 1. The Balaban J connectivity index is 1.59. The molecule has 0 saturated heterocycles. The lowest BCUT2D eigenvalue weighted by Crippen LogP contribution is -2.26. The monoisotopic (exact) mass is 369 g/mol. The lowest BCUT2D eigenvalue weighted by molar-refractivity contribution is -0.149. The van der Waals surface area contributed by atoms with Crippen LogP contribution >= 0.6 is 11.8 Å². The average Bonchev–Trinajstić information content (AvgIpc) is 3.05. The summed E-state index contributed by atoms with van der Waals surface area (Å²) in [5, 5.41) is 10.2. The Morgan fingerprint density at radius 3 is 2.81 bits per heavy atom. The van der Waals surface area contributed by atoms with Crippen LogP contribution < -0.4 is 0 Å². The third-order valence-corrected chi connectivity index (χ3v) is 6.04. The predicted molar refractivity (Wildman–Crippen MR) is 104 cm³/mol. The van der Waals surface area contributed by atoms with Crippen molar-refractivity contribution >= 4 is 34.3 Å². The zero-order valence-corrected chi connectivity index (χ0v) is 16.0. The number of nitrogens with zero attached hydrogens (tertiary/aromatic N) is 3. The van der Waals surface area contributed by atoms with Gasteiger partial charge in [0.1, 0.15) is 11.4 Å². The van der Waals surface area contributed by atoms with Gasteiger partial charge in [0, 0.05) is 5.39 Å². The summed E-state index contributed by atoms with van der Waals surface area (Å²) in [5.41, 5.74) is 3.03. The number of rotatable bonds is 4. The van der Waals surface area contributed by atoms with Crippen LogP contribution in [0.15, 0.2) is 35.5 Å². The molecule has 136 valence electrons. The second kappa shape index (κ2) is 7.27. The van der Waals surface area contributed by atoms with Crippen molar-refractivity contribution in [3.05, 3.63) is 35.9 Å². The minimum Gasteiger partial charge on any atom is -0.462 e. The first-order valence-corrected chi connectivity index (χ1v) is 10.1. The summed E-state index contributed by atoms with van der Waals surface area (Å²) >= 11 is 1.41. The van der Waals surface area contributed by atoms with Gasteiger partial charge in [0.05, 0.1) is 5.52 Å². The molecule has 26 heavy (non-hydrogen) atoms. The molecule has 0 amide bonds. The molecular formula is C20H23N3O2S. The molecule has 0 spiro atoms. The van der Waals surface area contributed by atoms with Gasteiger partial charge in [0.2, 0.25) is 0 Å². The summed E-state index contributed by atoms with van der Waals surface area (Å²) in [6, 6.07) is 10.2. The zero-order chi connectivity index (χ0) is 18.1. The van der Waals surface area contributed by atoms with Crippen molar-refractivity contribution in [2.45, 2.75) is 62.5 Å². The fourth-order valence-corrected chi connectivity index (χ4v) is 4.45. The van der Waals surface area contributed by atoms with E-state index in [-0.39, 0.29) is 17.3 Å². The number of pyridine rings is 1. The zero-order valence-electron chi connectivity index (χ0n) is 15.1. The lowest BCUT2D eigenvalue weighted by Gasteiger charge is -2.23. The number of benzene rings is 1. The van der Waals surface area contributed by atoms with Crippen LogP contribution in [0.4, 0.5) is 0 Å². The van der Waals surface area contributed by atoms with Crippen LogP contribution in [0.3, 0.4) is 0 Å². The van der Waals surface area contributed by atoms with Crippen molar-refractivity contribution in [1.82, 2.24) is 14.6 Å². The maximum Gasteiger partial charge on any atom is 0.319 e. The molecule has 1 aromatic carbocycles. The van der Waals surface area contributed by atoms with E-state index in [2.05, 4.69) is 29.3 Å². The maximum absolute atomic E-state index is 12.5. The van der Waals surface area contributed by atoms with Crippen molar-refractivity contribution in [2.75, 3.05) is 0 Å². The van der Waals surface area contributed by atoms with Crippen LogP contribution in [0.5, 0.6) is 0 Å². The van der Waals surface area contributed by atoms with Crippen molar-refractivity contribution < 1.29 is 9.53 Å². The highest BCUT2D eigenvalue weighted by Gasteiger charge is 2.24. The molecule has 1 aliphatic carbocycles. The van der Waals surface area contributed by atoms with Gasteiger partial charge in [0.15, 0.2) is 10.8 Å². The van der Waals surface area contributed by atoms with Gasteiger partial charge >= 0.3 is 5.97 Å². The fraction of sp³-hybridized carbons (Fsp3) is 0.450. The van der Waals surface area contributed by atoms with Gasteiger partial charge in [-0.1, -0.05) is 36.4 Å². The number of hydrogen-bond donors (Lipinski definition) is 0. The number of carbonyl (C=O) groups is 1. The molecule has 2 aromatic heterocycles. The summed E-state index contributed by atoms with van der Waals surface area (Å²) in [6.45, 7) is 3.96. The third kappa shape index (κ3) is 3.30. The highest BCUT2D eigenvalue weighted by molar-refractivity contribution is 8.00.